The molecule has 0 fully saturated rings. The van der Waals surface area contributed by atoms with Gasteiger partial charge in [-0.15, -0.1) is 0 Å². The number of benzene rings is 1. The number of nitrogens with one attached hydrogen (secondary N) is 1. The Balaban J connectivity index is 1.81. The van der Waals surface area contributed by atoms with E-state index in [2.05, 4.69) is 4.98 Å². The molecule has 0 bridgehead atoms. The lowest BCUT2D eigenvalue weighted by Crippen LogP contribution is -2.25. The number of aryl methyl sites for hydroxylation is 1. The third-order valence-corrected chi connectivity index (χ3v) is 4.75. The van der Waals surface area contributed by atoms with Gasteiger partial charge in [0, 0.05) is 11.3 Å². The highest BCUT2D eigenvalue weighted by Crippen LogP contribution is 2.40. The Kier molecular flexibility index (Phi) is 5.63. The van der Waals surface area contributed by atoms with Crippen molar-refractivity contribution in [3.05, 3.63) is 40.2 Å². The van der Waals surface area contributed by atoms with Crippen LogP contribution in [0.4, 0.5) is 0 Å². The molecule has 2 aromatic rings. The molecular weight excluding hydrogens is 378 g/mol. The summed E-state index contributed by atoms with van der Waals surface area (Å²) in [6, 6.07) is 2.97. The first-order chi connectivity index (χ1) is 13.7. The molecule has 0 aliphatic carbocycles. The van der Waals surface area contributed by atoms with Crippen LogP contribution in [0.2, 0.25) is 0 Å². The number of aromatic nitrogens is 1. The van der Waals surface area contributed by atoms with Crippen molar-refractivity contribution in [2.45, 2.75) is 33.8 Å². The third kappa shape index (κ3) is 3.83. The number of carbonyl (C=O) groups is 3. The molecule has 0 saturated heterocycles. The molecule has 1 N–H and O–H groups in total. The average Bonchev–Trinajstić information content (AvgIpc) is 3.00. The molecule has 1 atom stereocenters. The number of ether oxygens (including phenoxy) is 4. The molecule has 2 heterocycles. The number of hydrogen-bond acceptors (Lipinski definition) is 7. The van der Waals surface area contributed by atoms with Gasteiger partial charge in [-0.2, -0.15) is 0 Å². The van der Waals surface area contributed by atoms with Crippen molar-refractivity contribution in [1.82, 2.24) is 4.98 Å². The van der Waals surface area contributed by atoms with Gasteiger partial charge in [-0.25, -0.2) is 4.79 Å². The van der Waals surface area contributed by atoms with E-state index in [1.54, 1.807) is 13.8 Å². The highest BCUT2D eigenvalue weighted by molar-refractivity contribution is 6.05. The number of H-pyrrole nitrogens is 1. The zero-order valence-corrected chi connectivity index (χ0v) is 17.0. The van der Waals surface area contributed by atoms with Crippen molar-refractivity contribution < 1.29 is 33.3 Å². The Labute approximate surface area is 168 Å². The number of methoxy groups -OCH3 is 1. The van der Waals surface area contributed by atoms with E-state index in [0.29, 0.717) is 47.3 Å². The summed E-state index contributed by atoms with van der Waals surface area (Å²) in [6.45, 7) is 7.07. The number of carbonyl (C=O) groups excluding carboxylic acids is 3. The van der Waals surface area contributed by atoms with Gasteiger partial charge in [-0.3, -0.25) is 9.59 Å². The Bertz CT molecular complexity index is 972. The van der Waals surface area contributed by atoms with Crippen LogP contribution in [0.25, 0.3) is 0 Å². The SMILES string of the molecule is COc1cc(C(=O)O[C@@H](C)C(=O)c2[nH]c(C)c(C(C)=O)c2C)cc2c1OCCO2. The number of aromatic amines is 1. The lowest BCUT2D eigenvalue weighted by molar-refractivity contribution is 0.0315. The topological polar surface area (TPSA) is 104 Å². The van der Waals surface area contributed by atoms with Crippen LogP contribution < -0.4 is 14.2 Å². The average molecular weight is 401 g/mol. The number of esters is 1. The standard InChI is InChI=1S/C21H23NO7/c1-10-17(12(3)23)11(2)22-18(10)19(24)13(4)29-21(25)14-8-15(26-5)20-16(9-14)27-6-7-28-20/h8-9,13,22H,6-7H2,1-5H3/t13-/m0/s1. The van der Waals surface area contributed by atoms with Crippen LogP contribution >= 0.6 is 0 Å². The highest BCUT2D eigenvalue weighted by atomic mass is 16.6. The third-order valence-electron chi connectivity index (χ3n) is 4.75. The molecule has 3 rings (SSSR count). The predicted octanol–water partition coefficient (Wildman–Crippen LogP) is 3.04. The van der Waals surface area contributed by atoms with Gasteiger partial charge in [0.25, 0.3) is 0 Å². The zero-order valence-electron chi connectivity index (χ0n) is 17.0. The van der Waals surface area contributed by atoms with Crippen molar-refractivity contribution in [2.75, 3.05) is 20.3 Å². The minimum atomic E-state index is -1.06. The second kappa shape index (κ2) is 7.98. The fourth-order valence-electron chi connectivity index (χ4n) is 3.40. The number of ketones is 2. The van der Waals surface area contributed by atoms with Crippen molar-refractivity contribution >= 4 is 17.5 Å². The largest absolute Gasteiger partial charge is 0.493 e. The molecule has 29 heavy (non-hydrogen) atoms. The van der Waals surface area contributed by atoms with Gasteiger partial charge in [0.1, 0.15) is 13.2 Å². The van der Waals surface area contributed by atoms with Gasteiger partial charge >= 0.3 is 5.97 Å². The normalized spacial score (nSPS) is 13.6. The molecule has 0 amide bonds. The molecule has 8 heteroatoms. The molecule has 0 saturated carbocycles. The molecule has 1 aromatic heterocycles. The smallest absolute Gasteiger partial charge is 0.339 e. The number of hydrogen-bond donors (Lipinski definition) is 1. The second-order valence-electron chi connectivity index (χ2n) is 6.80. The minimum Gasteiger partial charge on any atom is -0.493 e. The summed E-state index contributed by atoms with van der Waals surface area (Å²) in [5.74, 6) is -0.111. The number of fused-ring (bicyclic) bond motifs is 1. The molecule has 0 spiro atoms. The van der Waals surface area contributed by atoms with Crippen LogP contribution in [0.15, 0.2) is 12.1 Å². The van der Waals surface area contributed by atoms with Gasteiger partial charge < -0.3 is 23.9 Å². The Morgan fingerprint density at radius 1 is 1.14 bits per heavy atom. The first kappa shape index (κ1) is 20.4. The molecular formula is C21H23NO7. The van der Waals surface area contributed by atoms with E-state index in [1.807, 2.05) is 0 Å². The minimum absolute atomic E-state index is 0.136. The summed E-state index contributed by atoms with van der Waals surface area (Å²) >= 11 is 0. The summed E-state index contributed by atoms with van der Waals surface area (Å²) in [6.07, 6.45) is -1.06. The summed E-state index contributed by atoms with van der Waals surface area (Å²) in [5, 5.41) is 0. The van der Waals surface area contributed by atoms with Crippen LogP contribution in [-0.4, -0.2) is 48.9 Å². The monoisotopic (exact) mass is 401 g/mol. The number of Topliss-reactive ketones (excluding diaryl/α,β-unsaturated/α-hetero) is 2. The second-order valence-corrected chi connectivity index (χ2v) is 6.80. The van der Waals surface area contributed by atoms with Crippen LogP contribution in [0, 0.1) is 13.8 Å². The molecule has 8 nitrogen and oxygen atoms in total. The number of rotatable bonds is 6. The van der Waals surface area contributed by atoms with Crippen molar-refractivity contribution in [2.24, 2.45) is 0 Å². The Morgan fingerprint density at radius 2 is 1.83 bits per heavy atom. The molecule has 1 aromatic carbocycles. The van der Waals surface area contributed by atoms with E-state index in [9.17, 15) is 14.4 Å². The fraction of sp³-hybridized carbons (Fsp3) is 0.381. The van der Waals surface area contributed by atoms with Gasteiger partial charge in [0.2, 0.25) is 11.5 Å². The first-order valence-electron chi connectivity index (χ1n) is 9.17. The van der Waals surface area contributed by atoms with Crippen LogP contribution in [0.1, 0.15) is 56.3 Å². The maximum absolute atomic E-state index is 12.8. The van der Waals surface area contributed by atoms with Crippen LogP contribution in [0.3, 0.4) is 0 Å². The van der Waals surface area contributed by atoms with Crippen molar-refractivity contribution in [3.63, 3.8) is 0 Å². The van der Waals surface area contributed by atoms with Gasteiger partial charge in [0.15, 0.2) is 23.4 Å². The lowest BCUT2D eigenvalue weighted by Gasteiger charge is -2.21. The van der Waals surface area contributed by atoms with Gasteiger partial charge in [-0.1, -0.05) is 0 Å². The van der Waals surface area contributed by atoms with Gasteiger partial charge in [0.05, 0.1) is 18.4 Å². The van der Waals surface area contributed by atoms with Crippen molar-refractivity contribution in [3.8, 4) is 17.2 Å². The van der Waals surface area contributed by atoms with E-state index < -0.39 is 17.9 Å². The van der Waals surface area contributed by atoms with Gasteiger partial charge in [-0.05, 0) is 45.4 Å². The maximum atomic E-state index is 12.8. The molecule has 0 unspecified atom stereocenters. The van der Waals surface area contributed by atoms with E-state index in [1.165, 1.54) is 33.1 Å². The first-order valence-corrected chi connectivity index (χ1v) is 9.17. The Hall–Kier alpha value is -3.29. The molecule has 1 aliphatic rings. The lowest BCUT2D eigenvalue weighted by atomic mass is 10.0. The quantitative estimate of drug-likeness (QED) is 0.586. The van der Waals surface area contributed by atoms with E-state index in [4.69, 9.17) is 18.9 Å². The molecule has 0 radical (unpaired) electrons. The summed E-state index contributed by atoms with van der Waals surface area (Å²) in [4.78, 5) is 40.1. The maximum Gasteiger partial charge on any atom is 0.339 e. The summed E-state index contributed by atoms with van der Waals surface area (Å²) < 4.78 is 21.7. The Morgan fingerprint density at radius 3 is 2.45 bits per heavy atom. The summed E-state index contributed by atoms with van der Waals surface area (Å²) in [7, 11) is 1.46. The molecule has 154 valence electrons. The van der Waals surface area contributed by atoms with E-state index >= 15 is 0 Å². The van der Waals surface area contributed by atoms with Crippen LogP contribution in [-0.2, 0) is 4.74 Å². The predicted molar refractivity (Wildman–Crippen MR) is 103 cm³/mol. The fourth-order valence-corrected chi connectivity index (χ4v) is 3.40. The zero-order chi connectivity index (χ0) is 21.3. The highest BCUT2D eigenvalue weighted by Gasteiger charge is 2.28. The van der Waals surface area contributed by atoms with Crippen molar-refractivity contribution in [1.29, 1.82) is 0 Å². The van der Waals surface area contributed by atoms with Crippen LogP contribution in [0.5, 0.6) is 17.2 Å². The summed E-state index contributed by atoms with van der Waals surface area (Å²) in [5.41, 5.74) is 2.06. The van der Waals surface area contributed by atoms with E-state index in [0.717, 1.165) is 0 Å². The van der Waals surface area contributed by atoms with E-state index in [-0.39, 0.29) is 17.0 Å². The molecule has 1 aliphatic heterocycles.